The Kier molecular flexibility index (Phi) is 3.84. The lowest BCUT2D eigenvalue weighted by molar-refractivity contribution is -0.949. The van der Waals surface area contributed by atoms with Crippen LogP contribution in [0, 0.1) is 0 Å². The van der Waals surface area contributed by atoms with E-state index in [1.54, 1.807) is 11.8 Å². The summed E-state index contributed by atoms with van der Waals surface area (Å²) in [6, 6.07) is 0. The highest BCUT2D eigenvalue weighted by Crippen LogP contribution is 2.34. The topological polar surface area (TPSA) is 79.9 Å². The van der Waals surface area contributed by atoms with E-state index in [0.29, 0.717) is 12.3 Å². The molecule has 2 rings (SSSR count). The number of nitrogens with one attached hydrogen (secondary N) is 2. The van der Waals surface area contributed by atoms with Crippen molar-refractivity contribution in [3.05, 3.63) is 0 Å². The van der Waals surface area contributed by atoms with E-state index in [-0.39, 0.29) is 22.7 Å². The number of hydrogen-bond acceptors (Lipinski definition) is 4. The molecule has 2 saturated heterocycles. The van der Waals surface area contributed by atoms with Crippen molar-refractivity contribution >= 4 is 23.6 Å². The van der Waals surface area contributed by atoms with Gasteiger partial charge in [-0.1, -0.05) is 6.92 Å². The molecule has 0 aromatic rings. The highest BCUT2D eigenvalue weighted by Gasteiger charge is 2.53. The Labute approximate surface area is 111 Å². The molecule has 2 amide bonds. The van der Waals surface area contributed by atoms with Gasteiger partial charge in [-0.2, -0.15) is 0 Å². The van der Waals surface area contributed by atoms with Crippen LogP contribution in [0.4, 0.5) is 0 Å². The van der Waals surface area contributed by atoms with E-state index in [2.05, 4.69) is 19.3 Å². The van der Waals surface area contributed by atoms with E-state index in [9.17, 15) is 9.59 Å². The van der Waals surface area contributed by atoms with Gasteiger partial charge in [0.1, 0.15) is 10.9 Å². The van der Waals surface area contributed by atoms with Gasteiger partial charge in [-0.3, -0.25) is 15.0 Å². The quantitative estimate of drug-likeness (QED) is 0.314. The van der Waals surface area contributed by atoms with Crippen LogP contribution >= 0.6 is 11.8 Å². The molecule has 0 aliphatic carbocycles. The number of rotatable bonds is 3. The second-order valence-corrected chi connectivity index (χ2v) is 6.19. The molecule has 2 heterocycles. The summed E-state index contributed by atoms with van der Waals surface area (Å²) in [6.45, 7) is 6.20. The fourth-order valence-corrected chi connectivity index (χ4v) is 4.47. The number of thioether (sulfide) groups is 1. The van der Waals surface area contributed by atoms with Gasteiger partial charge in [0.25, 0.3) is 5.91 Å². The summed E-state index contributed by atoms with van der Waals surface area (Å²) in [5, 5.41) is 0.185. The molecule has 0 saturated carbocycles. The molecule has 0 aromatic heterocycles. The van der Waals surface area contributed by atoms with Crippen molar-refractivity contribution in [3.8, 4) is 0 Å². The Bertz CT molecular complexity index is 365. The highest BCUT2D eigenvalue weighted by molar-refractivity contribution is 8.01. The van der Waals surface area contributed by atoms with Gasteiger partial charge in [-0.25, -0.2) is 5.84 Å². The van der Waals surface area contributed by atoms with Crippen molar-refractivity contribution in [1.82, 2.24) is 10.3 Å². The molecule has 6 nitrogen and oxygen atoms in total. The summed E-state index contributed by atoms with van der Waals surface area (Å²) < 4.78 is 0. The van der Waals surface area contributed by atoms with Crippen LogP contribution in [0.3, 0.4) is 0 Å². The van der Waals surface area contributed by atoms with Crippen LogP contribution in [0.2, 0.25) is 0 Å². The number of nitrogens with two attached hydrogens (primary N) is 1. The SMILES string of the molecule is CC[C@@]1(C)[C@@H]2SCC(=O)N2CC[NH+]1CC(=O)NN. The van der Waals surface area contributed by atoms with Crippen LogP contribution in [0.5, 0.6) is 0 Å². The van der Waals surface area contributed by atoms with Crippen LogP contribution in [0.15, 0.2) is 0 Å². The van der Waals surface area contributed by atoms with Gasteiger partial charge >= 0.3 is 0 Å². The monoisotopic (exact) mass is 273 g/mol. The number of quaternary nitrogens is 1. The normalized spacial score (nSPS) is 35.5. The number of fused-ring (bicyclic) bond motifs is 1. The van der Waals surface area contributed by atoms with E-state index in [4.69, 9.17) is 5.84 Å². The van der Waals surface area contributed by atoms with E-state index >= 15 is 0 Å². The second-order valence-electron chi connectivity index (χ2n) is 5.12. The van der Waals surface area contributed by atoms with Crippen LogP contribution in [-0.4, -0.2) is 53.0 Å². The minimum Gasteiger partial charge on any atom is -0.319 e. The molecule has 0 radical (unpaired) electrons. The molecule has 3 atom stereocenters. The number of carbonyl (C=O) groups excluding carboxylic acids is 2. The zero-order valence-electron chi connectivity index (χ0n) is 10.9. The van der Waals surface area contributed by atoms with Gasteiger partial charge in [-0.15, -0.1) is 11.8 Å². The lowest BCUT2D eigenvalue weighted by atomic mass is 9.92. The number of piperazine rings is 1. The largest absolute Gasteiger partial charge is 0.319 e. The number of hydrogen-bond donors (Lipinski definition) is 3. The van der Waals surface area contributed by atoms with E-state index in [0.717, 1.165) is 19.5 Å². The van der Waals surface area contributed by atoms with Crippen LogP contribution < -0.4 is 16.2 Å². The molecule has 2 aliphatic rings. The average Bonchev–Trinajstić information content (AvgIpc) is 2.75. The first-order valence-corrected chi connectivity index (χ1v) is 7.33. The molecule has 0 aromatic carbocycles. The van der Waals surface area contributed by atoms with Crippen molar-refractivity contribution < 1.29 is 14.5 Å². The van der Waals surface area contributed by atoms with Gasteiger partial charge in [0, 0.05) is 6.42 Å². The smallest absolute Gasteiger partial charge is 0.289 e. The Morgan fingerprint density at radius 3 is 3.06 bits per heavy atom. The third-order valence-electron chi connectivity index (χ3n) is 4.24. The maximum Gasteiger partial charge on any atom is 0.289 e. The fraction of sp³-hybridized carbons (Fsp3) is 0.818. The van der Waals surface area contributed by atoms with E-state index < -0.39 is 0 Å². The van der Waals surface area contributed by atoms with Crippen LogP contribution in [-0.2, 0) is 9.59 Å². The van der Waals surface area contributed by atoms with Crippen LogP contribution in [0.25, 0.3) is 0 Å². The zero-order valence-corrected chi connectivity index (χ0v) is 11.7. The van der Waals surface area contributed by atoms with Crippen molar-refractivity contribution in [2.75, 3.05) is 25.4 Å². The molecule has 1 unspecified atom stereocenters. The molecule has 7 heteroatoms. The summed E-state index contributed by atoms with van der Waals surface area (Å²) >= 11 is 1.70. The fourth-order valence-electron chi connectivity index (χ4n) is 2.90. The molecule has 2 fully saturated rings. The molecule has 4 N–H and O–H groups in total. The molecular weight excluding hydrogens is 252 g/mol. The van der Waals surface area contributed by atoms with Gasteiger partial charge in [0.2, 0.25) is 5.91 Å². The number of nitrogens with zero attached hydrogens (tertiary/aromatic N) is 1. The van der Waals surface area contributed by atoms with E-state index in [1.165, 1.54) is 4.90 Å². The first kappa shape index (κ1) is 13.6. The van der Waals surface area contributed by atoms with Gasteiger partial charge < -0.3 is 9.80 Å². The summed E-state index contributed by atoms with van der Waals surface area (Å²) in [4.78, 5) is 26.5. The van der Waals surface area contributed by atoms with Crippen molar-refractivity contribution in [3.63, 3.8) is 0 Å². The highest BCUT2D eigenvalue weighted by atomic mass is 32.2. The van der Waals surface area contributed by atoms with Crippen molar-refractivity contribution in [1.29, 1.82) is 0 Å². The maximum atomic E-state index is 11.8. The Balaban J connectivity index is 2.18. The summed E-state index contributed by atoms with van der Waals surface area (Å²) in [5.41, 5.74) is 2.11. The van der Waals surface area contributed by atoms with Crippen LogP contribution in [0.1, 0.15) is 20.3 Å². The first-order valence-electron chi connectivity index (χ1n) is 6.28. The number of carbonyl (C=O) groups is 2. The summed E-state index contributed by atoms with van der Waals surface area (Å²) in [7, 11) is 0. The van der Waals surface area contributed by atoms with Gasteiger partial charge in [0.05, 0.1) is 18.8 Å². The molecule has 102 valence electrons. The summed E-state index contributed by atoms with van der Waals surface area (Å²) in [6.07, 6.45) is 0.932. The Morgan fingerprint density at radius 2 is 2.44 bits per heavy atom. The standard InChI is InChI=1S/C11H20N4O2S/c1-3-11(2)10-15(9(17)7-18-10)5-4-14(11)6-8(16)13-12/h10H,3-7,12H2,1-2H3,(H,13,16)/p+1/t10-,11-/m0/s1. The molecule has 0 spiro atoms. The predicted molar refractivity (Wildman–Crippen MR) is 69.7 cm³/mol. The average molecular weight is 273 g/mol. The van der Waals surface area contributed by atoms with Crippen molar-refractivity contribution in [2.45, 2.75) is 31.2 Å². The third-order valence-corrected chi connectivity index (χ3v) is 5.75. The third kappa shape index (κ3) is 2.10. The lowest BCUT2D eigenvalue weighted by Crippen LogP contribution is -3.24. The van der Waals surface area contributed by atoms with Gasteiger partial charge in [0.15, 0.2) is 6.54 Å². The first-order chi connectivity index (χ1) is 8.52. The minimum absolute atomic E-state index is 0.0818. The number of hydrazine groups is 1. The predicted octanol–water partition coefficient (Wildman–Crippen LogP) is -2.05. The minimum atomic E-state index is -0.146. The van der Waals surface area contributed by atoms with Gasteiger partial charge in [-0.05, 0) is 6.92 Å². The van der Waals surface area contributed by atoms with E-state index in [1.807, 2.05) is 4.90 Å². The molecule has 18 heavy (non-hydrogen) atoms. The summed E-state index contributed by atoms with van der Waals surface area (Å²) in [5.74, 6) is 5.81. The maximum absolute atomic E-state index is 11.8. The van der Waals surface area contributed by atoms with Crippen molar-refractivity contribution in [2.24, 2.45) is 5.84 Å². The molecule has 0 bridgehead atoms. The molecule has 2 aliphatic heterocycles. The lowest BCUT2D eigenvalue weighted by Gasteiger charge is -2.48. The molecular formula is C11H21N4O2S+. The second kappa shape index (κ2) is 5.07. The Morgan fingerprint density at radius 1 is 1.72 bits per heavy atom. The Hall–Kier alpha value is -0.790. The zero-order chi connectivity index (χ0) is 13.3. The number of amides is 2.